The monoisotopic (exact) mass is 284 g/mol. The molecule has 0 amide bonds. The zero-order chi connectivity index (χ0) is 13.1. The van der Waals surface area contributed by atoms with Gasteiger partial charge >= 0.3 is 0 Å². The van der Waals surface area contributed by atoms with Crippen molar-refractivity contribution in [2.24, 2.45) is 0 Å². The highest BCUT2D eigenvalue weighted by Gasteiger charge is 1.97. The van der Waals surface area contributed by atoms with Gasteiger partial charge in [0, 0.05) is 0 Å². The summed E-state index contributed by atoms with van der Waals surface area (Å²) in [6, 6.07) is 4.48. The second-order valence-electron chi connectivity index (χ2n) is 5.31. The molecule has 1 aromatic heterocycles. The van der Waals surface area contributed by atoms with Crippen molar-refractivity contribution in [1.29, 1.82) is 0 Å². The van der Waals surface area contributed by atoms with Crippen LogP contribution >= 0.6 is 16.8 Å². The number of hydrogen-bond donors (Lipinski definition) is 0. The van der Waals surface area contributed by atoms with Crippen molar-refractivity contribution in [1.82, 2.24) is 0 Å². The molecule has 18 heavy (non-hydrogen) atoms. The Morgan fingerprint density at radius 1 is 0.889 bits per heavy atom. The maximum Gasteiger partial charge on any atom is -0.0110 e. The minimum atomic E-state index is 0.103. The fraction of sp³-hybridized carbons (Fsp3) is 0.750. The summed E-state index contributed by atoms with van der Waals surface area (Å²) in [6.07, 6.45) is 15.9. The Bertz CT molecular complexity index is 291. The molecule has 0 aliphatic heterocycles. The predicted octanol–water partition coefficient (Wildman–Crippen LogP) is 6.09. The van der Waals surface area contributed by atoms with E-state index in [2.05, 4.69) is 34.1 Å². The lowest BCUT2D eigenvalue weighted by atomic mass is 10.1. The molecular formula is C16H30P2. The van der Waals surface area contributed by atoms with Crippen LogP contribution in [0.25, 0.3) is 0 Å². The molecule has 1 rings (SSSR count). The molecule has 0 saturated heterocycles. The van der Waals surface area contributed by atoms with Crippen LogP contribution in [0.3, 0.4) is 0 Å². The van der Waals surface area contributed by atoms with Gasteiger partial charge in [-0.15, -0.1) is 16.8 Å². The molecule has 0 spiro atoms. The molecule has 0 nitrogen and oxygen atoms in total. The van der Waals surface area contributed by atoms with E-state index in [-0.39, 0.29) is 7.53 Å². The van der Waals surface area contributed by atoms with E-state index in [4.69, 9.17) is 0 Å². The largest absolute Gasteiger partial charge is 0.118 e. The van der Waals surface area contributed by atoms with Crippen LogP contribution < -0.4 is 5.04 Å². The molecule has 0 radical (unpaired) electrons. The third-order valence-corrected chi connectivity index (χ3v) is 6.95. The summed E-state index contributed by atoms with van der Waals surface area (Å²) < 4.78 is 0. The first-order valence-electron chi connectivity index (χ1n) is 7.75. The van der Waals surface area contributed by atoms with E-state index < -0.39 is 0 Å². The maximum absolute atomic E-state index is 2.90. The summed E-state index contributed by atoms with van der Waals surface area (Å²) in [5.41, 5.74) is 0. The standard InChI is InChI=1S/C16H30P2/c1-2-3-4-5-6-7-8-9-10-11-14-18-15-12-13-16(18)17/h12-13,15H,2-11,14,17H2,1H3. The summed E-state index contributed by atoms with van der Waals surface area (Å²) >= 11 is 0. The van der Waals surface area contributed by atoms with E-state index in [9.17, 15) is 0 Å². The quantitative estimate of drug-likeness (QED) is 0.340. The van der Waals surface area contributed by atoms with E-state index >= 15 is 0 Å². The van der Waals surface area contributed by atoms with Crippen molar-refractivity contribution in [3.8, 4) is 0 Å². The molecule has 2 heteroatoms. The van der Waals surface area contributed by atoms with E-state index in [1.54, 1.807) is 5.04 Å². The minimum Gasteiger partial charge on any atom is -0.118 e. The number of aryl methyl sites for hydroxylation is 1. The molecule has 0 bridgehead atoms. The Morgan fingerprint density at radius 3 is 1.94 bits per heavy atom. The van der Waals surface area contributed by atoms with Crippen LogP contribution in [-0.4, -0.2) is 0 Å². The van der Waals surface area contributed by atoms with Crippen LogP contribution in [0.2, 0.25) is 0 Å². The number of unbranched alkanes of at least 4 members (excludes halogenated alkanes) is 9. The number of rotatable bonds is 11. The fourth-order valence-electron chi connectivity index (χ4n) is 2.40. The van der Waals surface area contributed by atoms with Crippen LogP contribution in [0, 0.1) is 0 Å². The van der Waals surface area contributed by atoms with Gasteiger partial charge in [0.2, 0.25) is 0 Å². The predicted molar refractivity (Wildman–Crippen MR) is 90.3 cm³/mol. The number of hydrogen-bond acceptors (Lipinski definition) is 0. The van der Waals surface area contributed by atoms with Crippen LogP contribution in [-0.2, 0) is 6.16 Å². The zero-order valence-electron chi connectivity index (χ0n) is 12.0. The molecule has 104 valence electrons. The molecule has 0 aliphatic carbocycles. The summed E-state index contributed by atoms with van der Waals surface area (Å²) in [6.45, 7) is 2.29. The first-order valence-corrected chi connectivity index (χ1v) is 9.92. The highest BCUT2D eigenvalue weighted by atomic mass is 31.1. The summed E-state index contributed by atoms with van der Waals surface area (Å²) in [7, 11) is 3.00. The average molecular weight is 284 g/mol. The Balaban J connectivity index is 1.83. The van der Waals surface area contributed by atoms with Gasteiger partial charge in [-0.1, -0.05) is 76.8 Å². The van der Waals surface area contributed by atoms with Crippen LogP contribution in [0.5, 0.6) is 0 Å². The molecule has 0 fully saturated rings. The first kappa shape index (κ1) is 16.3. The molecule has 0 N–H and O–H groups in total. The van der Waals surface area contributed by atoms with Gasteiger partial charge in [-0.3, -0.25) is 0 Å². The molecule has 2 atom stereocenters. The zero-order valence-corrected chi connectivity index (χ0v) is 14.1. The molecule has 1 heterocycles. The lowest BCUT2D eigenvalue weighted by molar-refractivity contribution is 0.560. The van der Waals surface area contributed by atoms with E-state index in [1.165, 1.54) is 70.4 Å². The van der Waals surface area contributed by atoms with Gasteiger partial charge in [0.15, 0.2) is 0 Å². The van der Waals surface area contributed by atoms with Gasteiger partial charge in [-0.2, -0.15) is 0 Å². The minimum absolute atomic E-state index is 0.103. The third kappa shape index (κ3) is 7.60. The average Bonchev–Trinajstić information content (AvgIpc) is 2.77. The van der Waals surface area contributed by atoms with Crippen molar-refractivity contribution in [2.45, 2.75) is 77.3 Å². The van der Waals surface area contributed by atoms with Crippen molar-refractivity contribution < 1.29 is 0 Å². The van der Waals surface area contributed by atoms with Gasteiger partial charge in [0.25, 0.3) is 0 Å². The van der Waals surface area contributed by atoms with E-state index in [1.807, 2.05) is 0 Å². The van der Waals surface area contributed by atoms with Gasteiger partial charge in [0.05, 0.1) is 0 Å². The van der Waals surface area contributed by atoms with Crippen molar-refractivity contribution >= 4 is 21.8 Å². The van der Waals surface area contributed by atoms with Crippen molar-refractivity contribution in [2.75, 3.05) is 0 Å². The molecular weight excluding hydrogens is 254 g/mol. The normalized spacial score (nSPS) is 12.0. The second kappa shape index (κ2) is 11.1. The first-order chi connectivity index (χ1) is 8.84. The smallest absolute Gasteiger partial charge is 0.0110 e. The Hall–Kier alpha value is 0.210. The van der Waals surface area contributed by atoms with Crippen LogP contribution in [0.1, 0.15) is 71.1 Å². The molecule has 1 aromatic rings. The maximum atomic E-state index is 2.90. The van der Waals surface area contributed by atoms with E-state index in [0.717, 1.165) is 0 Å². The van der Waals surface area contributed by atoms with Crippen molar-refractivity contribution in [3.05, 3.63) is 17.9 Å². The lowest BCUT2D eigenvalue weighted by Gasteiger charge is -2.03. The summed E-state index contributed by atoms with van der Waals surface area (Å²) in [5, 5.41) is 1.54. The molecule has 2 unspecified atom stereocenters. The van der Waals surface area contributed by atoms with Gasteiger partial charge < -0.3 is 0 Å². The summed E-state index contributed by atoms with van der Waals surface area (Å²) in [5.74, 6) is 2.41. The molecule has 0 aromatic carbocycles. The highest BCUT2D eigenvalue weighted by molar-refractivity contribution is 7.63. The Morgan fingerprint density at radius 2 is 1.44 bits per heavy atom. The SMILES string of the molecule is CCCCCCCCCCCCp1cccc1P. The topological polar surface area (TPSA) is 0 Å². The van der Waals surface area contributed by atoms with Crippen LogP contribution in [0.15, 0.2) is 17.9 Å². The van der Waals surface area contributed by atoms with Gasteiger partial charge in [-0.05, 0) is 23.4 Å². The molecule has 0 saturated carbocycles. The van der Waals surface area contributed by atoms with Crippen LogP contribution in [0.4, 0.5) is 0 Å². The van der Waals surface area contributed by atoms with E-state index in [0.29, 0.717) is 0 Å². The van der Waals surface area contributed by atoms with Gasteiger partial charge in [0.1, 0.15) is 0 Å². The fourth-order valence-corrected chi connectivity index (χ4v) is 4.87. The molecule has 0 aliphatic rings. The Labute approximate surface area is 117 Å². The Kier molecular flexibility index (Phi) is 10.0. The van der Waals surface area contributed by atoms with Crippen molar-refractivity contribution in [3.63, 3.8) is 0 Å². The third-order valence-electron chi connectivity index (χ3n) is 3.62. The highest BCUT2D eigenvalue weighted by Crippen LogP contribution is 2.29. The second-order valence-corrected chi connectivity index (χ2v) is 8.62. The summed E-state index contributed by atoms with van der Waals surface area (Å²) in [4.78, 5) is 0. The lowest BCUT2D eigenvalue weighted by Crippen LogP contribution is -1.84. The van der Waals surface area contributed by atoms with Gasteiger partial charge in [-0.25, -0.2) is 0 Å².